The molecule has 3 nitrogen and oxygen atoms in total. The maximum atomic E-state index is 13.4. The molecule has 1 atom stereocenters. The van der Waals surface area contributed by atoms with Gasteiger partial charge in [-0.05, 0) is 56.3 Å². The van der Waals surface area contributed by atoms with Crippen molar-refractivity contribution in [2.75, 3.05) is 26.2 Å². The summed E-state index contributed by atoms with van der Waals surface area (Å²) >= 11 is 0. The average molecular weight is 306 g/mol. The van der Waals surface area contributed by atoms with Crippen LogP contribution in [0.3, 0.4) is 0 Å². The molecule has 0 aromatic heterocycles. The highest BCUT2D eigenvalue weighted by Gasteiger charge is 2.15. The lowest BCUT2D eigenvalue weighted by atomic mass is 10.0. The Morgan fingerprint density at radius 2 is 2.23 bits per heavy atom. The van der Waals surface area contributed by atoms with Crippen LogP contribution in [0.15, 0.2) is 24.3 Å². The molecule has 122 valence electrons. The van der Waals surface area contributed by atoms with E-state index in [9.17, 15) is 9.18 Å². The molecule has 1 aromatic carbocycles. The van der Waals surface area contributed by atoms with E-state index in [1.54, 1.807) is 18.2 Å². The number of rotatable bonds is 7. The monoisotopic (exact) mass is 306 g/mol. The predicted octanol–water partition coefficient (Wildman–Crippen LogP) is 3.00. The number of halogens is 1. The molecule has 1 saturated heterocycles. The number of likely N-dealkylation sites (tertiary alicyclic amines) is 1. The Balaban J connectivity index is 1.57. The summed E-state index contributed by atoms with van der Waals surface area (Å²) in [6, 6.07) is 6.64. The van der Waals surface area contributed by atoms with E-state index < -0.39 is 0 Å². The van der Waals surface area contributed by atoms with E-state index in [0.717, 1.165) is 18.9 Å². The second-order valence-corrected chi connectivity index (χ2v) is 6.34. The highest BCUT2D eigenvalue weighted by atomic mass is 19.1. The Bertz CT molecular complexity index is 478. The zero-order valence-corrected chi connectivity index (χ0v) is 13.5. The number of amides is 1. The van der Waals surface area contributed by atoms with Gasteiger partial charge in [0.15, 0.2) is 0 Å². The number of hydrogen-bond donors (Lipinski definition) is 1. The average Bonchev–Trinajstić information content (AvgIpc) is 2.51. The Hall–Kier alpha value is -1.42. The first kappa shape index (κ1) is 16.9. The molecule has 2 rings (SSSR count). The fourth-order valence-corrected chi connectivity index (χ4v) is 3.06. The van der Waals surface area contributed by atoms with Crippen LogP contribution in [0.5, 0.6) is 0 Å². The zero-order chi connectivity index (χ0) is 15.8. The second kappa shape index (κ2) is 8.89. The van der Waals surface area contributed by atoms with Crippen molar-refractivity contribution in [2.24, 2.45) is 5.92 Å². The van der Waals surface area contributed by atoms with Gasteiger partial charge in [-0.2, -0.15) is 0 Å². The molecule has 1 fully saturated rings. The van der Waals surface area contributed by atoms with Crippen molar-refractivity contribution in [3.63, 3.8) is 0 Å². The second-order valence-electron chi connectivity index (χ2n) is 6.34. The first-order valence-electron chi connectivity index (χ1n) is 8.37. The number of carbonyl (C=O) groups excluding carboxylic acids is 1. The van der Waals surface area contributed by atoms with Crippen LogP contribution in [-0.2, 0) is 11.2 Å². The molecule has 1 heterocycles. The largest absolute Gasteiger partial charge is 0.356 e. The molecular weight excluding hydrogens is 279 g/mol. The molecule has 0 bridgehead atoms. The minimum Gasteiger partial charge on any atom is -0.356 e. The molecule has 0 spiro atoms. The lowest BCUT2D eigenvalue weighted by Gasteiger charge is -2.30. The summed E-state index contributed by atoms with van der Waals surface area (Å²) in [6.07, 6.45) is 4.42. The van der Waals surface area contributed by atoms with E-state index in [1.807, 2.05) is 0 Å². The third kappa shape index (κ3) is 5.76. The van der Waals surface area contributed by atoms with Gasteiger partial charge in [0.1, 0.15) is 5.82 Å². The maximum absolute atomic E-state index is 13.4. The molecule has 1 aromatic rings. The maximum Gasteiger partial charge on any atom is 0.220 e. The molecule has 22 heavy (non-hydrogen) atoms. The van der Waals surface area contributed by atoms with Crippen molar-refractivity contribution in [1.82, 2.24) is 10.2 Å². The summed E-state index contributed by atoms with van der Waals surface area (Å²) in [6.45, 7) is 6.43. The van der Waals surface area contributed by atoms with Gasteiger partial charge in [0.25, 0.3) is 0 Å². The Labute approximate surface area is 132 Å². The standard InChI is InChI=1S/C18H27FN2O/c1-15-6-4-12-21(14-15)13-5-11-20-18(22)10-9-16-7-2-3-8-17(16)19/h2-3,7-8,15H,4-6,9-14H2,1H3,(H,20,22)/t15-/m0/s1. The normalized spacial score (nSPS) is 19.1. The summed E-state index contributed by atoms with van der Waals surface area (Å²) in [5.41, 5.74) is 0.611. The van der Waals surface area contributed by atoms with E-state index in [4.69, 9.17) is 0 Å². The highest BCUT2D eigenvalue weighted by Crippen LogP contribution is 2.15. The van der Waals surface area contributed by atoms with Crippen molar-refractivity contribution < 1.29 is 9.18 Å². The van der Waals surface area contributed by atoms with Gasteiger partial charge >= 0.3 is 0 Å². The van der Waals surface area contributed by atoms with E-state index in [0.29, 0.717) is 24.9 Å². The molecule has 4 heteroatoms. The van der Waals surface area contributed by atoms with E-state index in [1.165, 1.54) is 32.0 Å². The van der Waals surface area contributed by atoms with Crippen LogP contribution < -0.4 is 5.32 Å². The summed E-state index contributed by atoms with van der Waals surface area (Å²) < 4.78 is 13.4. The van der Waals surface area contributed by atoms with Crippen LogP contribution in [0.25, 0.3) is 0 Å². The third-order valence-electron chi connectivity index (χ3n) is 4.29. The smallest absolute Gasteiger partial charge is 0.220 e. The van der Waals surface area contributed by atoms with Crippen molar-refractivity contribution >= 4 is 5.91 Å². The van der Waals surface area contributed by atoms with Crippen LogP contribution >= 0.6 is 0 Å². The van der Waals surface area contributed by atoms with Gasteiger partial charge in [0.05, 0.1) is 0 Å². The lowest BCUT2D eigenvalue weighted by molar-refractivity contribution is -0.121. The van der Waals surface area contributed by atoms with Crippen molar-refractivity contribution in [3.05, 3.63) is 35.6 Å². The van der Waals surface area contributed by atoms with Gasteiger partial charge in [-0.1, -0.05) is 25.1 Å². The van der Waals surface area contributed by atoms with Crippen LogP contribution in [0, 0.1) is 11.7 Å². The number of nitrogens with zero attached hydrogens (tertiary/aromatic N) is 1. The van der Waals surface area contributed by atoms with Crippen molar-refractivity contribution in [1.29, 1.82) is 0 Å². The summed E-state index contributed by atoms with van der Waals surface area (Å²) in [7, 11) is 0. The van der Waals surface area contributed by atoms with Crippen molar-refractivity contribution in [3.8, 4) is 0 Å². The molecule has 1 amide bonds. The molecule has 0 unspecified atom stereocenters. The zero-order valence-electron chi connectivity index (χ0n) is 13.5. The number of carbonyl (C=O) groups is 1. The fraction of sp³-hybridized carbons (Fsp3) is 0.611. The minimum absolute atomic E-state index is 0.00950. The van der Waals surface area contributed by atoms with Crippen LogP contribution in [0.2, 0.25) is 0 Å². The Morgan fingerprint density at radius 3 is 3.00 bits per heavy atom. The van der Waals surface area contributed by atoms with Crippen LogP contribution in [-0.4, -0.2) is 37.0 Å². The molecule has 1 aliphatic rings. The first-order valence-corrected chi connectivity index (χ1v) is 8.37. The Kier molecular flexibility index (Phi) is 6.84. The van der Waals surface area contributed by atoms with Gasteiger partial charge < -0.3 is 10.2 Å². The number of nitrogens with one attached hydrogen (secondary N) is 1. The quantitative estimate of drug-likeness (QED) is 0.786. The minimum atomic E-state index is -0.227. The van der Waals surface area contributed by atoms with Crippen LogP contribution in [0.4, 0.5) is 4.39 Å². The van der Waals surface area contributed by atoms with Gasteiger partial charge in [-0.3, -0.25) is 4.79 Å². The highest BCUT2D eigenvalue weighted by molar-refractivity contribution is 5.76. The molecule has 0 aliphatic carbocycles. The fourth-order valence-electron chi connectivity index (χ4n) is 3.06. The van der Waals surface area contributed by atoms with Gasteiger partial charge in [-0.15, -0.1) is 0 Å². The third-order valence-corrected chi connectivity index (χ3v) is 4.29. The molecule has 0 saturated carbocycles. The van der Waals surface area contributed by atoms with Crippen molar-refractivity contribution in [2.45, 2.75) is 39.0 Å². The van der Waals surface area contributed by atoms with E-state index >= 15 is 0 Å². The summed E-state index contributed by atoms with van der Waals surface area (Å²) in [4.78, 5) is 14.3. The first-order chi connectivity index (χ1) is 10.6. The molecule has 1 N–H and O–H groups in total. The number of hydrogen-bond acceptors (Lipinski definition) is 2. The predicted molar refractivity (Wildman–Crippen MR) is 87.2 cm³/mol. The van der Waals surface area contributed by atoms with Gasteiger partial charge in [0.2, 0.25) is 5.91 Å². The Morgan fingerprint density at radius 1 is 1.41 bits per heavy atom. The summed E-state index contributed by atoms with van der Waals surface area (Å²) in [5.74, 6) is 0.578. The molecule has 0 radical (unpaired) electrons. The van der Waals surface area contributed by atoms with Gasteiger partial charge in [0, 0.05) is 19.5 Å². The topological polar surface area (TPSA) is 32.3 Å². The van der Waals surface area contributed by atoms with E-state index in [-0.39, 0.29) is 11.7 Å². The van der Waals surface area contributed by atoms with Crippen LogP contribution in [0.1, 0.15) is 38.2 Å². The lowest BCUT2D eigenvalue weighted by Crippen LogP contribution is -2.36. The SMILES string of the molecule is C[C@H]1CCCN(CCCNC(=O)CCc2ccccc2F)C1. The van der Waals surface area contributed by atoms with E-state index in [2.05, 4.69) is 17.1 Å². The summed E-state index contributed by atoms with van der Waals surface area (Å²) in [5, 5.41) is 2.94. The number of piperidine rings is 1. The van der Waals surface area contributed by atoms with Gasteiger partial charge in [-0.25, -0.2) is 4.39 Å². The number of aryl methyl sites for hydroxylation is 1. The molecular formula is C18H27FN2O. The number of benzene rings is 1. The molecule has 1 aliphatic heterocycles.